The quantitative estimate of drug-likeness (QED) is 0.289. The molecular weight excluding hydrogens is 422 g/mol. The van der Waals surface area contributed by atoms with Gasteiger partial charge in [0.1, 0.15) is 5.25 Å². The Bertz CT molecular complexity index is 937. The van der Waals surface area contributed by atoms with Crippen molar-refractivity contribution in [2.75, 3.05) is 0 Å². The second-order valence-corrected chi connectivity index (χ2v) is 8.17. The third-order valence-corrected chi connectivity index (χ3v) is 5.77. The van der Waals surface area contributed by atoms with E-state index in [2.05, 4.69) is 16.2 Å². The van der Waals surface area contributed by atoms with E-state index in [4.69, 9.17) is 23.8 Å². The second kappa shape index (κ2) is 10.9. The van der Waals surface area contributed by atoms with Gasteiger partial charge in [0.25, 0.3) is 5.91 Å². The number of halogens is 1. The van der Waals surface area contributed by atoms with Crippen molar-refractivity contribution in [1.29, 1.82) is 0 Å². The number of hydrogen-bond donors (Lipinski definition) is 3. The lowest BCUT2D eigenvalue weighted by Gasteiger charge is -2.18. The van der Waals surface area contributed by atoms with E-state index in [1.165, 1.54) is 11.8 Å². The Hall–Kier alpha value is -2.54. The lowest BCUT2D eigenvalue weighted by molar-refractivity contribution is -0.121. The van der Waals surface area contributed by atoms with Crippen LogP contribution in [0.15, 0.2) is 89.8 Å². The van der Waals surface area contributed by atoms with Crippen LogP contribution in [0.4, 0.5) is 0 Å². The number of thiocarbonyl (C=S) groups is 1. The minimum absolute atomic E-state index is 0.180. The molecule has 1 atom stereocenters. The first-order valence-electron chi connectivity index (χ1n) is 8.96. The lowest BCUT2D eigenvalue weighted by Crippen LogP contribution is -2.47. The van der Waals surface area contributed by atoms with Gasteiger partial charge in [0.2, 0.25) is 0 Å². The van der Waals surface area contributed by atoms with Crippen LogP contribution in [-0.2, 0) is 11.3 Å². The number of rotatable bonds is 6. The fourth-order valence-electron chi connectivity index (χ4n) is 2.55. The van der Waals surface area contributed by atoms with Crippen molar-refractivity contribution in [1.82, 2.24) is 16.2 Å². The van der Waals surface area contributed by atoms with Gasteiger partial charge in [-0.3, -0.25) is 15.6 Å². The fraction of sp³-hybridized carbons (Fsp3) is 0.0909. The number of amides is 1. The summed E-state index contributed by atoms with van der Waals surface area (Å²) < 4.78 is 0. The molecule has 7 heteroatoms. The monoisotopic (exact) mass is 441 g/mol. The van der Waals surface area contributed by atoms with Crippen LogP contribution in [0.1, 0.15) is 16.4 Å². The van der Waals surface area contributed by atoms with Gasteiger partial charge in [0.15, 0.2) is 5.11 Å². The molecule has 3 aromatic carbocycles. The molecule has 0 aromatic heterocycles. The highest BCUT2D eigenvalue weighted by Gasteiger charge is 2.22. The standard InChI is InChI=1S/C22H20ClN3OS2/c23-18-13-11-16(12-14-18)15-24-22(28)26-25-21(27)20(17-7-3-1-4-8-17)29-19-9-5-2-6-10-19/h1-14,20H,15H2,(H,25,27)(H2,24,26,28)/t20-/m0/s1. The zero-order valence-corrected chi connectivity index (χ0v) is 17.9. The van der Waals surface area contributed by atoms with E-state index >= 15 is 0 Å². The molecule has 148 valence electrons. The van der Waals surface area contributed by atoms with E-state index in [-0.39, 0.29) is 5.91 Å². The molecule has 0 unspecified atom stereocenters. The van der Waals surface area contributed by atoms with Gasteiger partial charge in [0, 0.05) is 16.5 Å². The predicted octanol–water partition coefficient (Wildman–Crippen LogP) is 4.87. The Morgan fingerprint density at radius 1 is 0.897 bits per heavy atom. The molecule has 29 heavy (non-hydrogen) atoms. The van der Waals surface area contributed by atoms with E-state index in [1.807, 2.05) is 84.9 Å². The maximum atomic E-state index is 12.9. The van der Waals surface area contributed by atoms with Gasteiger partial charge in [-0.05, 0) is 47.6 Å². The number of benzene rings is 3. The highest BCUT2D eigenvalue weighted by molar-refractivity contribution is 8.00. The summed E-state index contributed by atoms with van der Waals surface area (Å²) >= 11 is 12.6. The summed E-state index contributed by atoms with van der Waals surface area (Å²) in [6, 6.07) is 27.0. The van der Waals surface area contributed by atoms with Crippen LogP contribution in [0, 0.1) is 0 Å². The molecule has 0 aliphatic rings. The van der Waals surface area contributed by atoms with Gasteiger partial charge in [-0.25, -0.2) is 0 Å². The van der Waals surface area contributed by atoms with Crippen LogP contribution in [0.3, 0.4) is 0 Å². The average molecular weight is 442 g/mol. The Balaban J connectivity index is 1.57. The van der Waals surface area contributed by atoms with Crippen molar-refractivity contribution in [2.24, 2.45) is 0 Å². The molecule has 0 aliphatic heterocycles. The summed E-state index contributed by atoms with van der Waals surface area (Å²) in [6.07, 6.45) is 0. The molecule has 4 nitrogen and oxygen atoms in total. The Morgan fingerprint density at radius 2 is 1.52 bits per heavy atom. The summed E-state index contributed by atoms with van der Waals surface area (Å²) in [5, 5.41) is 3.67. The van der Waals surface area contributed by atoms with Crippen molar-refractivity contribution < 1.29 is 4.79 Å². The van der Waals surface area contributed by atoms with E-state index in [0.29, 0.717) is 16.7 Å². The number of carbonyl (C=O) groups excluding carboxylic acids is 1. The number of hydrazine groups is 1. The van der Waals surface area contributed by atoms with Crippen molar-refractivity contribution in [3.63, 3.8) is 0 Å². The molecule has 3 aromatic rings. The van der Waals surface area contributed by atoms with Gasteiger partial charge >= 0.3 is 0 Å². The minimum Gasteiger partial charge on any atom is -0.357 e. The lowest BCUT2D eigenvalue weighted by atomic mass is 10.1. The molecule has 0 fully saturated rings. The summed E-state index contributed by atoms with van der Waals surface area (Å²) in [6.45, 7) is 0.528. The van der Waals surface area contributed by atoms with E-state index in [0.717, 1.165) is 16.0 Å². The third-order valence-electron chi connectivity index (χ3n) is 4.00. The fourth-order valence-corrected chi connectivity index (χ4v) is 3.84. The average Bonchev–Trinajstić information content (AvgIpc) is 2.76. The molecule has 1 amide bonds. The summed E-state index contributed by atoms with van der Waals surface area (Å²) in [5.74, 6) is -0.180. The molecule has 0 saturated carbocycles. The van der Waals surface area contributed by atoms with Crippen molar-refractivity contribution >= 4 is 46.6 Å². The van der Waals surface area contributed by atoms with Crippen LogP contribution in [0.5, 0.6) is 0 Å². The van der Waals surface area contributed by atoms with E-state index in [9.17, 15) is 4.79 Å². The molecule has 0 heterocycles. The van der Waals surface area contributed by atoms with Crippen molar-refractivity contribution in [3.8, 4) is 0 Å². The first-order chi connectivity index (χ1) is 14.1. The summed E-state index contributed by atoms with van der Waals surface area (Å²) in [4.78, 5) is 13.9. The predicted molar refractivity (Wildman–Crippen MR) is 124 cm³/mol. The van der Waals surface area contributed by atoms with Crippen molar-refractivity contribution in [3.05, 3.63) is 101 Å². The SMILES string of the molecule is O=C(NNC(=S)NCc1ccc(Cl)cc1)[C@@H](Sc1ccccc1)c1ccccc1. The first kappa shape index (κ1) is 21.2. The smallest absolute Gasteiger partial charge is 0.256 e. The molecule has 0 radical (unpaired) electrons. The zero-order chi connectivity index (χ0) is 20.5. The van der Waals surface area contributed by atoms with Gasteiger partial charge in [-0.15, -0.1) is 11.8 Å². The zero-order valence-electron chi connectivity index (χ0n) is 15.5. The maximum Gasteiger partial charge on any atom is 0.256 e. The third kappa shape index (κ3) is 6.78. The van der Waals surface area contributed by atoms with Crippen LogP contribution in [0.2, 0.25) is 5.02 Å². The highest BCUT2D eigenvalue weighted by Crippen LogP contribution is 2.35. The number of thioether (sulfide) groups is 1. The Kier molecular flexibility index (Phi) is 7.93. The largest absolute Gasteiger partial charge is 0.357 e. The topological polar surface area (TPSA) is 53.2 Å². The summed E-state index contributed by atoms with van der Waals surface area (Å²) in [5.41, 5.74) is 7.44. The van der Waals surface area contributed by atoms with Crippen LogP contribution in [-0.4, -0.2) is 11.0 Å². The van der Waals surface area contributed by atoms with Gasteiger partial charge in [-0.2, -0.15) is 0 Å². The second-order valence-electron chi connectivity index (χ2n) is 6.15. The van der Waals surface area contributed by atoms with E-state index in [1.54, 1.807) is 0 Å². The molecule has 0 spiro atoms. The summed E-state index contributed by atoms with van der Waals surface area (Å²) in [7, 11) is 0. The Labute approximate surface area is 185 Å². The molecule has 0 saturated heterocycles. The number of carbonyl (C=O) groups is 1. The van der Waals surface area contributed by atoms with Crippen LogP contribution in [0.25, 0.3) is 0 Å². The molecule has 3 N–H and O–H groups in total. The van der Waals surface area contributed by atoms with Gasteiger partial charge in [0.05, 0.1) is 0 Å². The molecular formula is C22H20ClN3OS2. The normalized spacial score (nSPS) is 11.3. The molecule has 0 bridgehead atoms. The number of nitrogens with one attached hydrogen (secondary N) is 3. The first-order valence-corrected chi connectivity index (χ1v) is 10.6. The van der Waals surface area contributed by atoms with Gasteiger partial charge in [-0.1, -0.05) is 72.3 Å². The van der Waals surface area contributed by atoms with Crippen LogP contribution >= 0.6 is 35.6 Å². The number of hydrogen-bond acceptors (Lipinski definition) is 3. The Morgan fingerprint density at radius 3 is 2.17 bits per heavy atom. The minimum atomic E-state index is -0.412. The molecule has 0 aliphatic carbocycles. The van der Waals surface area contributed by atoms with Gasteiger partial charge < -0.3 is 5.32 Å². The maximum absolute atomic E-state index is 12.9. The van der Waals surface area contributed by atoms with Crippen LogP contribution < -0.4 is 16.2 Å². The van der Waals surface area contributed by atoms with E-state index < -0.39 is 5.25 Å². The molecule has 3 rings (SSSR count). The highest BCUT2D eigenvalue weighted by atomic mass is 35.5. The van der Waals surface area contributed by atoms with Crippen molar-refractivity contribution in [2.45, 2.75) is 16.7 Å².